The zero-order chi connectivity index (χ0) is 25.9. The molecule has 4 heterocycles. The molecule has 4 atom stereocenters. The molecular formula is C29H27N3O5. The first kappa shape index (κ1) is 23.2. The molecule has 3 fully saturated rings. The van der Waals surface area contributed by atoms with E-state index in [4.69, 9.17) is 4.42 Å². The smallest absolute Gasteiger partial charge is 0.250 e. The van der Waals surface area contributed by atoms with Gasteiger partial charge in [-0.1, -0.05) is 60.7 Å². The Morgan fingerprint density at radius 3 is 2.14 bits per heavy atom. The maximum Gasteiger partial charge on any atom is 0.250 e. The highest BCUT2D eigenvalue weighted by Crippen LogP contribution is 2.57. The average molecular weight is 498 g/mol. The molecule has 4 amide bonds. The van der Waals surface area contributed by atoms with Crippen LogP contribution in [-0.2, 0) is 32.1 Å². The minimum atomic E-state index is -1.56. The lowest BCUT2D eigenvalue weighted by Gasteiger charge is -2.48. The van der Waals surface area contributed by atoms with Crippen LogP contribution in [-0.4, -0.2) is 57.5 Å². The zero-order valence-electron chi connectivity index (χ0n) is 20.7. The number of amides is 4. The van der Waals surface area contributed by atoms with Gasteiger partial charge < -0.3 is 14.2 Å². The van der Waals surface area contributed by atoms with Crippen molar-refractivity contribution in [1.29, 1.82) is 0 Å². The lowest BCUT2D eigenvalue weighted by atomic mass is 9.74. The summed E-state index contributed by atoms with van der Waals surface area (Å²) in [5.74, 6) is -2.35. The normalized spacial score (nSPS) is 27.2. The van der Waals surface area contributed by atoms with Gasteiger partial charge in [-0.15, -0.1) is 0 Å². The molecule has 188 valence electrons. The van der Waals surface area contributed by atoms with Crippen molar-refractivity contribution >= 4 is 23.6 Å². The predicted octanol–water partition coefficient (Wildman–Crippen LogP) is 2.73. The van der Waals surface area contributed by atoms with Crippen molar-refractivity contribution in [2.75, 3.05) is 13.6 Å². The summed E-state index contributed by atoms with van der Waals surface area (Å²) in [7, 11) is 1.45. The number of rotatable bonds is 5. The third-order valence-corrected chi connectivity index (χ3v) is 7.97. The summed E-state index contributed by atoms with van der Waals surface area (Å²) in [6.07, 6.45) is 0.119. The van der Waals surface area contributed by atoms with Crippen LogP contribution in [0.5, 0.6) is 0 Å². The summed E-state index contributed by atoms with van der Waals surface area (Å²) in [5, 5.41) is 0. The van der Waals surface area contributed by atoms with E-state index in [2.05, 4.69) is 0 Å². The molecule has 3 saturated heterocycles. The highest BCUT2D eigenvalue weighted by atomic mass is 16.3. The van der Waals surface area contributed by atoms with Gasteiger partial charge in [-0.2, -0.15) is 0 Å². The van der Waals surface area contributed by atoms with E-state index in [1.54, 1.807) is 19.1 Å². The van der Waals surface area contributed by atoms with Crippen LogP contribution in [0.4, 0.5) is 0 Å². The Morgan fingerprint density at radius 2 is 1.51 bits per heavy atom. The Balaban J connectivity index is 1.55. The van der Waals surface area contributed by atoms with E-state index in [0.29, 0.717) is 11.5 Å². The number of nitrogens with zero attached hydrogens (tertiary/aromatic N) is 3. The fraction of sp³-hybridized carbons (Fsp3) is 0.310. The van der Waals surface area contributed by atoms with E-state index in [-0.39, 0.29) is 31.3 Å². The molecule has 37 heavy (non-hydrogen) atoms. The number of furan rings is 1. The van der Waals surface area contributed by atoms with Crippen molar-refractivity contribution in [2.45, 2.75) is 31.5 Å². The number of hydrogen-bond donors (Lipinski definition) is 0. The number of carbonyl (C=O) groups excluding carboxylic acids is 4. The van der Waals surface area contributed by atoms with Crippen LogP contribution in [0.1, 0.15) is 28.7 Å². The van der Waals surface area contributed by atoms with Gasteiger partial charge in [-0.3, -0.25) is 24.1 Å². The second-order valence-electron chi connectivity index (χ2n) is 10.1. The summed E-state index contributed by atoms with van der Waals surface area (Å²) in [5.41, 5.74) is 0.129. The standard InChI is InChI=1S/C29H27N3O5/c1-18-13-14-21(37-18)25-23-24(27(35)30(2)26(23)34)29(15-19-9-5-3-6-10-19)28(36)31(17-22(33)32(25)29)16-20-11-7-4-8-12-20/h3-14,23-25H,15-17H2,1-2H3/t23-,24-,25-,29-/m1/s1. The number of piperazine rings is 1. The molecule has 6 rings (SSSR count). The topological polar surface area (TPSA) is 91.1 Å². The highest BCUT2D eigenvalue weighted by molar-refractivity contribution is 6.12. The molecule has 0 unspecified atom stereocenters. The number of benzene rings is 2. The fourth-order valence-corrected chi connectivity index (χ4v) is 6.44. The summed E-state index contributed by atoms with van der Waals surface area (Å²) in [4.78, 5) is 59.9. The lowest BCUT2D eigenvalue weighted by molar-refractivity contribution is -0.170. The first-order valence-electron chi connectivity index (χ1n) is 12.4. The van der Waals surface area contributed by atoms with Crippen LogP contribution in [0, 0.1) is 18.8 Å². The van der Waals surface area contributed by atoms with Crippen LogP contribution < -0.4 is 0 Å². The van der Waals surface area contributed by atoms with E-state index < -0.39 is 35.2 Å². The van der Waals surface area contributed by atoms with Gasteiger partial charge in [0.25, 0.3) is 5.91 Å². The van der Waals surface area contributed by atoms with E-state index in [0.717, 1.165) is 16.0 Å². The molecular weight excluding hydrogens is 470 g/mol. The van der Waals surface area contributed by atoms with Crippen LogP contribution in [0.3, 0.4) is 0 Å². The van der Waals surface area contributed by atoms with Crippen molar-refractivity contribution in [3.63, 3.8) is 0 Å². The van der Waals surface area contributed by atoms with E-state index in [9.17, 15) is 19.2 Å². The van der Waals surface area contributed by atoms with E-state index in [1.807, 2.05) is 60.7 Å². The molecule has 2 aromatic carbocycles. The van der Waals surface area contributed by atoms with Gasteiger partial charge in [-0.25, -0.2) is 0 Å². The number of fused-ring (bicyclic) bond motifs is 3. The number of hydrogen-bond acceptors (Lipinski definition) is 5. The van der Waals surface area contributed by atoms with Crippen molar-refractivity contribution in [1.82, 2.24) is 14.7 Å². The molecule has 0 bridgehead atoms. The summed E-state index contributed by atoms with van der Waals surface area (Å²) < 4.78 is 5.94. The van der Waals surface area contributed by atoms with Gasteiger partial charge >= 0.3 is 0 Å². The molecule has 3 aromatic rings. The van der Waals surface area contributed by atoms with Crippen molar-refractivity contribution in [3.05, 3.63) is 95.4 Å². The SMILES string of the molecule is Cc1ccc([C@@H]2[C@@H]3C(=O)N(C)C(=O)[C@@H]3[C@]3(Cc4ccccc4)C(=O)N(Cc4ccccc4)CC(=O)N23)o1. The highest BCUT2D eigenvalue weighted by Gasteiger charge is 2.74. The van der Waals surface area contributed by atoms with Crippen molar-refractivity contribution < 1.29 is 23.6 Å². The molecule has 0 N–H and O–H groups in total. The number of imide groups is 1. The maximum absolute atomic E-state index is 14.6. The van der Waals surface area contributed by atoms with E-state index >= 15 is 0 Å². The molecule has 0 aliphatic carbocycles. The Kier molecular flexibility index (Phi) is 5.29. The van der Waals surface area contributed by atoms with Crippen LogP contribution in [0.25, 0.3) is 0 Å². The number of carbonyl (C=O) groups is 4. The molecule has 3 aliphatic rings. The van der Waals surface area contributed by atoms with Gasteiger partial charge in [0.05, 0.1) is 11.8 Å². The quantitative estimate of drug-likeness (QED) is 0.506. The molecule has 8 nitrogen and oxygen atoms in total. The van der Waals surface area contributed by atoms with Gasteiger partial charge in [0.2, 0.25) is 17.7 Å². The first-order valence-corrected chi connectivity index (χ1v) is 12.4. The Labute approximate surface area is 214 Å². The number of likely N-dealkylation sites (tertiary alicyclic amines) is 1. The molecule has 1 aromatic heterocycles. The second-order valence-corrected chi connectivity index (χ2v) is 10.1. The van der Waals surface area contributed by atoms with E-state index in [1.165, 1.54) is 16.8 Å². The minimum absolute atomic E-state index is 0.119. The molecule has 8 heteroatoms. The lowest BCUT2D eigenvalue weighted by Crippen LogP contribution is -2.69. The third-order valence-electron chi connectivity index (χ3n) is 7.97. The van der Waals surface area contributed by atoms with Crippen LogP contribution in [0.15, 0.2) is 77.2 Å². The second kappa shape index (κ2) is 8.44. The first-order chi connectivity index (χ1) is 17.8. The van der Waals surface area contributed by atoms with Gasteiger partial charge in [0, 0.05) is 20.0 Å². The Bertz CT molecular complexity index is 1400. The summed E-state index contributed by atoms with van der Waals surface area (Å²) in [6.45, 7) is 1.87. The Morgan fingerprint density at radius 1 is 0.865 bits per heavy atom. The van der Waals surface area contributed by atoms with Gasteiger partial charge in [0.1, 0.15) is 29.6 Å². The van der Waals surface area contributed by atoms with Crippen LogP contribution >= 0.6 is 0 Å². The van der Waals surface area contributed by atoms with Crippen LogP contribution in [0.2, 0.25) is 0 Å². The molecule has 0 spiro atoms. The maximum atomic E-state index is 14.6. The Hall–Kier alpha value is -4.20. The molecule has 3 aliphatic heterocycles. The van der Waals surface area contributed by atoms with Crippen molar-refractivity contribution in [2.24, 2.45) is 11.8 Å². The number of aryl methyl sites for hydroxylation is 1. The van der Waals surface area contributed by atoms with Gasteiger partial charge in [0.15, 0.2) is 0 Å². The van der Waals surface area contributed by atoms with Gasteiger partial charge in [-0.05, 0) is 30.2 Å². The summed E-state index contributed by atoms with van der Waals surface area (Å²) >= 11 is 0. The summed E-state index contributed by atoms with van der Waals surface area (Å²) in [6, 6.07) is 21.5. The minimum Gasteiger partial charge on any atom is -0.464 e. The average Bonchev–Trinajstić information content (AvgIpc) is 3.52. The largest absolute Gasteiger partial charge is 0.464 e. The monoisotopic (exact) mass is 497 g/mol. The third kappa shape index (κ3) is 3.35. The predicted molar refractivity (Wildman–Crippen MR) is 133 cm³/mol. The molecule has 0 saturated carbocycles. The fourth-order valence-electron chi connectivity index (χ4n) is 6.44. The zero-order valence-corrected chi connectivity index (χ0v) is 20.7. The van der Waals surface area contributed by atoms with Crippen molar-refractivity contribution in [3.8, 4) is 0 Å². The molecule has 0 radical (unpaired) electrons.